The molecule has 3 aliphatic rings. The fourth-order valence-corrected chi connectivity index (χ4v) is 6.51. The zero-order valence-corrected chi connectivity index (χ0v) is 18.0. The van der Waals surface area contributed by atoms with Crippen molar-refractivity contribution in [3.05, 3.63) is 24.2 Å². The minimum Gasteiger partial charge on any atom is -0.472 e. The van der Waals surface area contributed by atoms with Crippen LogP contribution in [0.15, 0.2) is 23.0 Å². The number of Topliss-reactive ketones (excluding diaryl/α,β-unsaturated/α-hetero) is 1. The number of ether oxygens (including phenoxy) is 3. The van der Waals surface area contributed by atoms with Crippen molar-refractivity contribution >= 4 is 17.7 Å². The molecule has 1 aromatic rings. The topological polar surface area (TPSA) is 92.0 Å². The van der Waals surface area contributed by atoms with Crippen molar-refractivity contribution in [2.24, 2.45) is 28.6 Å². The van der Waals surface area contributed by atoms with E-state index in [2.05, 4.69) is 0 Å². The number of hydrogen-bond donors (Lipinski definition) is 0. The smallest absolute Gasteiger partial charge is 0.310 e. The van der Waals surface area contributed by atoms with Gasteiger partial charge in [-0.05, 0) is 49.5 Å². The fourth-order valence-electron chi connectivity index (χ4n) is 6.51. The lowest BCUT2D eigenvalue weighted by atomic mass is 9.43. The van der Waals surface area contributed by atoms with Gasteiger partial charge < -0.3 is 18.6 Å². The summed E-state index contributed by atoms with van der Waals surface area (Å²) in [5.41, 5.74) is -0.463. The fraction of sp³-hybridized carbons (Fsp3) is 0.696. The van der Waals surface area contributed by atoms with E-state index in [1.165, 1.54) is 7.11 Å². The van der Waals surface area contributed by atoms with Gasteiger partial charge in [-0.25, -0.2) is 0 Å². The van der Waals surface area contributed by atoms with Gasteiger partial charge in [0.2, 0.25) is 0 Å². The van der Waals surface area contributed by atoms with E-state index >= 15 is 0 Å². The summed E-state index contributed by atoms with van der Waals surface area (Å²) in [6.45, 7) is 6.24. The van der Waals surface area contributed by atoms with Crippen LogP contribution in [0.4, 0.5) is 0 Å². The number of carbonyl (C=O) groups excluding carboxylic acids is 3. The summed E-state index contributed by atoms with van der Waals surface area (Å²) >= 11 is 0. The maximum Gasteiger partial charge on any atom is 0.310 e. The van der Waals surface area contributed by atoms with E-state index in [0.29, 0.717) is 32.3 Å². The third-order valence-corrected chi connectivity index (χ3v) is 7.87. The van der Waals surface area contributed by atoms with Crippen molar-refractivity contribution in [3.63, 3.8) is 0 Å². The van der Waals surface area contributed by atoms with E-state index in [0.717, 1.165) is 5.56 Å². The molecule has 4 rings (SSSR count). The van der Waals surface area contributed by atoms with Crippen LogP contribution in [0, 0.1) is 28.6 Å². The van der Waals surface area contributed by atoms with E-state index < -0.39 is 34.9 Å². The Hall–Kier alpha value is -2.15. The Morgan fingerprint density at radius 1 is 1.27 bits per heavy atom. The van der Waals surface area contributed by atoms with Crippen LogP contribution in [0.5, 0.6) is 0 Å². The molecule has 1 aromatic heterocycles. The Labute approximate surface area is 176 Å². The second-order valence-corrected chi connectivity index (χ2v) is 9.38. The van der Waals surface area contributed by atoms with Gasteiger partial charge in [-0.2, -0.15) is 0 Å². The number of methoxy groups -OCH3 is 1. The second-order valence-electron chi connectivity index (χ2n) is 9.38. The van der Waals surface area contributed by atoms with Gasteiger partial charge in [-0.3, -0.25) is 14.4 Å². The van der Waals surface area contributed by atoms with Crippen LogP contribution in [0.1, 0.15) is 58.1 Å². The molecule has 1 aliphatic heterocycles. The standard InChI is InChI=1S/C23H30O7/c1-5-29-16-10-15(20(25)27-4)22(2)8-6-14-21(26)30-17(13-7-9-28-12-13)11-23(14,3)19(22)18(16)24/h7,9,12,14-17,19H,5-6,8,10-11H2,1-4H3/t14?,15-,16+,17-,19?,22-,23-/m0/s1. The van der Waals surface area contributed by atoms with Crippen LogP contribution in [0.3, 0.4) is 0 Å². The van der Waals surface area contributed by atoms with Crippen molar-refractivity contribution in [1.29, 1.82) is 0 Å². The molecule has 0 aromatic carbocycles. The molecule has 2 unspecified atom stereocenters. The first-order chi connectivity index (χ1) is 14.3. The highest BCUT2D eigenvalue weighted by Gasteiger charge is 2.67. The average molecular weight is 418 g/mol. The molecule has 7 nitrogen and oxygen atoms in total. The molecule has 2 heterocycles. The molecule has 0 amide bonds. The first-order valence-electron chi connectivity index (χ1n) is 10.7. The molecule has 0 bridgehead atoms. The van der Waals surface area contributed by atoms with Crippen LogP contribution < -0.4 is 0 Å². The Morgan fingerprint density at radius 2 is 2.03 bits per heavy atom. The molecule has 7 heteroatoms. The summed E-state index contributed by atoms with van der Waals surface area (Å²) in [6, 6.07) is 1.78. The van der Waals surface area contributed by atoms with E-state index in [9.17, 15) is 14.4 Å². The quantitative estimate of drug-likeness (QED) is 0.691. The largest absolute Gasteiger partial charge is 0.472 e. The Balaban J connectivity index is 1.79. The van der Waals surface area contributed by atoms with Gasteiger partial charge in [0.05, 0.1) is 31.5 Å². The van der Waals surface area contributed by atoms with Crippen molar-refractivity contribution in [1.82, 2.24) is 0 Å². The van der Waals surface area contributed by atoms with Gasteiger partial charge in [-0.1, -0.05) is 13.8 Å². The van der Waals surface area contributed by atoms with E-state index in [1.54, 1.807) is 18.6 Å². The summed E-state index contributed by atoms with van der Waals surface area (Å²) < 4.78 is 21.8. The van der Waals surface area contributed by atoms with Crippen molar-refractivity contribution in [3.8, 4) is 0 Å². The lowest BCUT2D eigenvalue weighted by Gasteiger charge is -2.61. The van der Waals surface area contributed by atoms with Crippen molar-refractivity contribution in [2.75, 3.05) is 13.7 Å². The molecule has 7 atom stereocenters. The lowest BCUT2D eigenvalue weighted by molar-refractivity contribution is -0.209. The molecule has 164 valence electrons. The minimum absolute atomic E-state index is 0.00709. The highest BCUT2D eigenvalue weighted by Crippen LogP contribution is 2.65. The maximum atomic E-state index is 13.7. The van der Waals surface area contributed by atoms with Crippen molar-refractivity contribution in [2.45, 2.75) is 58.7 Å². The Kier molecular flexibility index (Phi) is 5.29. The van der Waals surface area contributed by atoms with Gasteiger partial charge in [0, 0.05) is 18.1 Å². The predicted octanol–water partition coefficient (Wildman–Crippen LogP) is 3.47. The highest BCUT2D eigenvalue weighted by molar-refractivity contribution is 5.92. The number of cyclic esters (lactones) is 1. The number of esters is 2. The molecule has 30 heavy (non-hydrogen) atoms. The second kappa shape index (κ2) is 7.52. The van der Waals surface area contributed by atoms with Crippen LogP contribution in [-0.4, -0.2) is 37.5 Å². The number of rotatable bonds is 4. The Bertz CT molecular complexity index is 831. The minimum atomic E-state index is -0.668. The van der Waals surface area contributed by atoms with E-state index in [-0.39, 0.29) is 23.6 Å². The molecule has 3 fully saturated rings. The molecule has 2 saturated carbocycles. The summed E-state index contributed by atoms with van der Waals surface area (Å²) in [7, 11) is 1.38. The summed E-state index contributed by atoms with van der Waals surface area (Å²) in [5, 5.41) is 0. The third-order valence-electron chi connectivity index (χ3n) is 7.87. The van der Waals surface area contributed by atoms with E-state index in [1.807, 2.05) is 20.8 Å². The number of furan rings is 1. The number of fused-ring (bicyclic) bond motifs is 3. The predicted molar refractivity (Wildman–Crippen MR) is 105 cm³/mol. The molecule has 2 aliphatic carbocycles. The number of ketones is 1. The highest BCUT2D eigenvalue weighted by atomic mass is 16.5. The summed E-state index contributed by atoms with van der Waals surface area (Å²) in [6.07, 6.45) is 3.98. The third kappa shape index (κ3) is 3.01. The van der Waals surface area contributed by atoms with Gasteiger partial charge in [0.1, 0.15) is 12.2 Å². The van der Waals surface area contributed by atoms with Crippen LogP contribution in [0.2, 0.25) is 0 Å². The van der Waals surface area contributed by atoms with E-state index in [4.69, 9.17) is 18.6 Å². The normalized spacial score (nSPS) is 40.9. The molecule has 0 N–H and O–H groups in total. The lowest BCUT2D eigenvalue weighted by Crippen LogP contribution is -2.64. The van der Waals surface area contributed by atoms with Crippen molar-refractivity contribution < 1.29 is 33.0 Å². The van der Waals surface area contributed by atoms with Gasteiger partial charge in [0.15, 0.2) is 5.78 Å². The first kappa shape index (κ1) is 21.1. The van der Waals surface area contributed by atoms with Gasteiger partial charge in [-0.15, -0.1) is 0 Å². The average Bonchev–Trinajstić information content (AvgIpc) is 3.23. The summed E-state index contributed by atoms with van der Waals surface area (Å²) in [5.74, 6) is -1.94. The van der Waals surface area contributed by atoms with Crippen LogP contribution >= 0.6 is 0 Å². The molecular formula is C23H30O7. The van der Waals surface area contributed by atoms with Gasteiger partial charge >= 0.3 is 11.9 Å². The monoisotopic (exact) mass is 418 g/mol. The van der Waals surface area contributed by atoms with Gasteiger partial charge in [0.25, 0.3) is 0 Å². The molecule has 0 spiro atoms. The molecular weight excluding hydrogens is 388 g/mol. The number of hydrogen-bond acceptors (Lipinski definition) is 7. The van der Waals surface area contributed by atoms with Crippen LogP contribution in [0.25, 0.3) is 0 Å². The van der Waals surface area contributed by atoms with Crippen LogP contribution in [-0.2, 0) is 28.6 Å². The first-order valence-corrected chi connectivity index (χ1v) is 10.7. The maximum absolute atomic E-state index is 13.7. The zero-order valence-electron chi connectivity index (χ0n) is 18.0. The summed E-state index contributed by atoms with van der Waals surface area (Å²) in [4.78, 5) is 39.5. The molecule has 0 radical (unpaired) electrons. The number of carbonyl (C=O) groups is 3. The zero-order chi connectivity index (χ0) is 21.7. The molecule has 1 saturated heterocycles. The Morgan fingerprint density at radius 3 is 2.67 bits per heavy atom. The SMILES string of the molecule is CCO[C@@H]1C[C@@H](C(=O)OC)[C@]2(C)CCC3C(=O)O[C@H](c4ccoc4)C[C@]3(C)C2C1=O.